The number of benzene rings is 1. The maximum Gasteiger partial charge on any atom is 0.123 e. The topological polar surface area (TPSA) is 60.3 Å². The van der Waals surface area contributed by atoms with Crippen molar-refractivity contribution in [2.45, 2.75) is 107 Å². The van der Waals surface area contributed by atoms with Crippen molar-refractivity contribution in [3.63, 3.8) is 0 Å². The highest BCUT2D eigenvalue weighted by atomic mass is 19.1. The minimum absolute atomic E-state index is 0.160. The van der Waals surface area contributed by atoms with E-state index >= 15 is 0 Å². The van der Waals surface area contributed by atoms with Gasteiger partial charge in [-0.15, -0.1) is 0 Å². The van der Waals surface area contributed by atoms with Crippen molar-refractivity contribution in [3.05, 3.63) is 65.8 Å². The van der Waals surface area contributed by atoms with E-state index in [0.717, 1.165) is 67.4 Å². The summed E-state index contributed by atoms with van der Waals surface area (Å²) in [7, 11) is 0. The second kappa shape index (κ2) is 20.8. The highest BCUT2D eigenvalue weighted by Gasteiger charge is 2.26. The SMILES string of the molecule is C=C(/N=C(\C=C/C)C(/C)=C(/N=C(C)N1CCN(C(C)(C)C)CC1)c1cccc(F)c1)NC1CCCC1.C=O.CC.CC. The van der Waals surface area contributed by atoms with Crippen molar-refractivity contribution < 1.29 is 9.18 Å². The summed E-state index contributed by atoms with van der Waals surface area (Å²) >= 11 is 0. The fourth-order valence-electron chi connectivity index (χ4n) is 4.94. The molecule has 1 aliphatic heterocycles. The third-order valence-corrected chi connectivity index (χ3v) is 7.10. The number of nitrogens with zero attached hydrogens (tertiary/aromatic N) is 4. The highest BCUT2D eigenvalue weighted by Crippen LogP contribution is 2.25. The van der Waals surface area contributed by atoms with Crippen LogP contribution in [0, 0.1) is 5.82 Å². The molecule has 1 aromatic carbocycles. The van der Waals surface area contributed by atoms with Gasteiger partial charge in [-0.05, 0) is 72.6 Å². The van der Waals surface area contributed by atoms with Gasteiger partial charge in [-0.2, -0.15) is 0 Å². The molecule has 0 radical (unpaired) electrons. The molecule has 1 aliphatic carbocycles. The van der Waals surface area contributed by atoms with Crippen LogP contribution in [0.4, 0.5) is 4.39 Å². The van der Waals surface area contributed by atoms with Crippen LogP contribution in [0.25, 0.3) is 5.70 Å². The number of nitrogens with one attached hydrogen (secondary N) is 1. The van der Waals surface area contributed by atoms with Crippen LogP contribution >= 0.6 is 0 Å². The van der Waals surface area contributed by atoms with Gasteiger partial charge in [0, 0.05) is 48.9 Å². The maximum absolute atomic E-state index is 14.3. The summed E-state index contributed by atoms with van der Waals surface area (Å²) in [5, 5.41) is 3.47. The number of halogens is 1. The number of allylic oxidation sites excluding steroid dienone is 3. The average molecular weight is 584 g/mol. The lowest BCUT2D eigenvalue weighted by Crippen LogP contribution is -2.54. The van der Waals surface area contributed by atoms with E-state index < -0.39 is 0 Å². The fraction of sp³-hybridized carbons (Fsp3) is 0.571. The zero-order valence-corrected chi connectivity index (χ0v) is 28.2. The van der Waals surface area contributed by atoms with Crippen LogP contribution in [-0.4, -0.2) is 65.9 Å². The molecule has 6 nitrogen and oxygen atoms in total. The summed E-state index contributed by atoms with van der Waals surface area (Å²) in [6.07, 6.45) is 8.75. The lowest BCUT2D eigenvalue weighted by Gasteiger charge is -2.42. The molecule has 1 N–H and O–H groups in total. The van der Waals surface area contributed by atoms with Gasteiger partial charge in [0.2, 0.25) is 0 Å². The molecule has 2 fully saturated rings. The number of carbonyl (C=O) groups excluding carboxylic acids is 1. The average Bonchev–Trinajstić information content (AvgIpc) is 3.51. The van der Waals surface area contributed by atoms with Crippen LogP contribution in [0.2, 0.25) is 0 Å². The monoisotopic (exact) mass is 583 g/mol. The normalized spacial score (nSPS) is 17.3. The molecule has 0 atom stereocenters. The number of piperazine rings is 1. The minimum atomic E-state index is -0.277. The van der Waals surface area contributed by atoms with Crippen LogP contribution in [0.15, 0.2) is 64.4 Å². The number of aliphatic imine (C=N–C) groups is 2. The Balaban J connectivity index is 0.00000263. The molecule has 0 amide bonds. The Morgan fingerprint density at radius 3 is 2.07 bits per heavy atom. The first-order valence-corrected chi connectivity index (χ1v) is 15.6. The molecule has 0 spiro atoms. The number of hydrogen-bond acceptors (Lipinski definition) is 5. The van der Waals surface area contributed by atoms with E-state index in [1.54, 1.807) is 12.1 Å². The standard InChI is InChI=1S/C30H44FN5.2C2H6.CH2O/c1-8-12-28(33-23(3)32-27-15-9-10-16-27)22(2)29(25-13-11-14-26(31)21-25)34-24(4)35-17-19-36(20-18-35)30(5,6)7;3*1-2/h8,11-14,21,27,32H,3,9-10,15-20H2,1-2,4-7H3;2*1-2H3;1H2/b12-8-,29-22+,33-28+,34-24?;;;. The maximum atomic E-state index is 14.3. The molecule has 1 aromatic rings. The molecule has 0 unspecified atom stereocenters. The Bertz CT molecular complexity index is 1050. The molecule has 1 saturated carbocycles. The summed E-state index contributed by atoms with van der Waals surface area (Å²) in [4.78, 5) is 22.7. The van der Waals surface area contributed by atoms with Gasteiger partial charge in [0.05, 0.1) is 11.4 Å². The Morgan fingerprint density at radius 1 is 1.00 bits per heavy atom. The predicted octanol–water partition coefficient (Wildman–Crippen LogP) is 8.28. The molecule has 1 saturated heterocycles. The van der Waals surface area contributed by atoms with Gasteiger partial charge < -0.3 is 15.0 Å². The Kier molecular flexibility index (Phi) is 19.2. The Labute approximate surface area is 256 Å². The van der Waals surface area contributed by atoms with Gasteiger partial charge in [-0.3, -0.25) is 4.90 Å². The summed E-state index contributed by atoms with van der Waals surface area (Å²) in [6.45, 7) is 30.8. The molecule has 2 aliphatic rings. The largest absolute Gasteiger partial charge is 0.368 e. The van der Waals surface area contributed by atoms with Gasteiger partial charge >= 0.3 is 0 Å². The third-order valence-electron chi connectivity index (χ3n) is 7.10. The van der Waals surface area contributed by atoms with Crippen molar-refractivity contribution in [2.75, 3.05) is 26.2 Å². The Morgan fingerprint density at radius 2 is 1.57 bits per heavy atom. The van der Waals surface area contributed by atoms with Crippen LogP contribution in [-0.2, 0) is 4.79 Å². The highest BCUT2D eigenvalue weighted by molar-refractivity contribution is 6.13. The molecule has 1 heterocycles. The third kappa shape index (κ3) is 12.8. The molecular weight excluding hydrogens is 525 g/mol. The van der Waals surface area contributed by atoms with Gasteiger partial charge in [-0.25, -0.2) is 14.4 Å². The predicted molar refractivity (Wildman–Crippen MR) is 182 cm³/mol. The molecule has 0 bridgehead atoms. The van der Waals surface area contributed by atoms with E-state index in [2.05, 4.69) is 42.5 Å². The number of hydrogen-bond donors (Lipinski definition) is 1. The second-order valence-corrected chi connectivity index (χ2v) is 10.9. The zero-order chi connectivity index (χ0) is 32.3. The first kappa shape index (κ1) is 38.9. The van der Waals surface area contributed by atoms with Gasteiger partial charge in [0.1, 0.15) is 24.3 Å². The summed E-state index contributed by atoms with van der Waals surface area (Å²) in [6, 6.07) is 7.10. The summed E-state index contributed by atoms with van der Waals surface area (Å²) in [5.41, 5.74) is 3.30. The van der Waals surface area contributed by atoms with Crippen LogP contribution < -0.4 is 5.32 Å². The molecule has 42 heavy (non-hydrogen) atoms. The van der Waals surface area contributed by atoms with Crippen molar-refractivity contribution in [1.82, 2.24) is 15.1 Å². The van der Waals surface area contributed by atoms with Gasteiger partial charge in [0.25, 0.3) is 0 Å². The van der Waals surface area contributed by atoms with E-state index in [4.69, 9.17) is 14.8 Å². The quantitative estimate of drug-likeness (QED) is 0.259. The van der Waals surface area contributed by atoms with Crippen molar-refractivity contribution in [1.29, 1.82) is 0 Å². The first-order valence-electron chi connectivity index (χ1n) is 15.6. The van der Waals surface area contributed by atoms with Crippen LogP contribution in [0.1, 0.15) is 100 Å². The zero-order valence-electron chi connectivity index (χ0n) is 28.2. The molecule has 236 valence electrons. The smallest absolute Gasteiger partial charge is 0.123 e. The van der Waals surface area contributed by atoms with Crippen LogP contribution in [0.3, 0.4) is 0 Å². The van der Waals surface area contributed by atoms with Gasteiger partial charge in [0.15, 0.2) is 0 Å². The van der Waals surface area contributed by atoms with E-state index in [1.165, 1.54) is 18.9 Å². The van der Waals surface area contributed by atoms with E-state index in [1.807, 2.05) is 73.5 Å². The number of rotatable bonds is 7. The van der Waals surface area contributed by atoms with Crippen molar-refractivity contribution in [2.24, 2.45) is 9.98 Å². The molecule has 7 heteroatoms. The molecule has 3 rings (SSSR count). The van der Waals surface area contributed by atoms with E-state index in [9.17, 15) is 4.39 Å². The molecular formula is C35H58FN5O. The van der Waals surface area contributed by atoms with Gasteiger partial charge in [-0.1, -0.05) is 65.3 Å². The number of carbonyl (C=O) groups is 1. The Hall–Kier alpha value is -3.06. The molecule has 0 aromatic heterocycles. The minimum Gasteiger partial charge on any atom is -0.368 e. The number of amidine groups is 1. The lowest BCUT2D eigenvalue weighted by atomic mass is 10.0. The summed E-state index contributed by atoms with van der Waals surface area (Å²) in [5.74, 6) is 1.32. The fourth-order valence-corrected chi connectivity index (χ4v) is 4.94. The van der Waals surface area contributed by atoms with E-state index in [-0.39, 0.29) is 11.4 Å². The van der Waals surface area contributed by atoms with Crippen LogP contribution in [0.5, 0.6) is 0 Å². The van der Waals surface area contributed by atoms with E-state index in [0.29, 0.717) is 11.9 Å². The lowest BCUT2D eigenvalue weighted by molar-refractivity contribution is -0.0980. The van der Waals surface area contributed by atoms with Crippen molar-refractivity contribution in [3.8, 4) is 0 Å². The first-order chi connectivity index (χ1) is 20.1. The second-order valence-electron chi connectivity index (χ2n) is 10.9. The summed E-state index contributed by atoms with van der Waals surface area (Å²) < 4.78 is 14.3. The van der Waals surface area contributed by atoms with Crippen molar-refractivity contribution >= 4 is 24.0 Å².